The van der Waals surface area contributed by atoms with Crippen molar-refractivity contribution in [2.24, 2.45) is 10.2 Å². The second kappa shape index (κ2) is 8.99. The maximum absolute atomic E-state index is 10.7. The van der Waals surface area contributed by atoms with E-state index >= 15 is 0 Å². The van der Waals surface area contributed by atoms with Gasteiger partial charge in [-0.25, -0.2) is 5.26 Å². The highest BCUT2D eigenvalue weighted by Gasteiger charge is 2.29. The lowest BCUT2D eigenvalue weighted by atomic mass is 10.0. The van der Waals surface area contributed by atoms with E-state index < -0.39 is 26.9 Å². The molecule has 0 rings (SSSR count). The molecule has 2 N–H and O–H groups in total. The van der Waals surface area contributed by atoms with Gasteiger partial charge in [-0.05, 0) is 20.3 Å². The number of nitriles is 2. The molecule has 12 heteroatoms. The molecule has 124 valence electrons. The Hall–Kier alpha value is -1.28. The van der Waals surface area contributed by atoms with Crippen LogP contribution >= 0.6 is 12.0 Å². The third kappa shape index (κ3) is 8.89. The molecule has 2 unspecified atom stereocenters. The van der Waals surface area contributed by atoms with E-state index in [0.717, 1.165) is 12.0 Å². The average molecular weight is 352 g/mol. The average Bonchev–Trinajstić information content (AvgIpc) is 2.47. The Bertz CT molecular complexity index is 569. The first kappa shape index (κ1) is 20.7. The van der Waals surface area contributed by atoms with Gasteiger partial charge >= 0.3 is 0 Å². The van der Waals surface area contributed by atoms with E-state index in [4.69, 9.17) is 20.3 Å². The van der Waals surface area contributed by atoms with Crippen molar-refractivity contribution in [1.82, 2.24) is 0 Å². The van der Waals surface area contributed by atoms with E-state index in [0.29, 0.717) is 0 Å². The Morgan fingerprint density at radius 2 is 1.68 bits per heavy atom. The molecular weight excluding hydrogens is 336 g/mol. The molecule has 0 amide bonds. The van der Waals surface area contributed by atoms with E-state index in [1.165, 1.54) is 13.8 Å². The van der Waals surface area contributed by atoms with E-state index in [2.05, 4.69) is 19.6 Å². The summed E-state index contributed by atoms with van der Waals surface area (Å²) in [5, 5.41) is 37.1. The van der Waals surface area contributed by atoms with E-state index in [-0.39, 0.29) is 18.6 Å². The van der Waals surface area contributed by atoms with Crippen molar-refractivity contribution in [2.45, 2.75) is 37.8 Å². The van der Waals surface area contributed by atoms with Gasteiger partial charge in [-0.1, -0.05) is 5.04 Å². The Morgan fingerprint density at radius 3 is 2.09 bits per heavy atom. The van der Waals surface area contributed by atoms with Gasteiger partial charge in [0.05, 0.1) is 17.9 Å². The van der Waals surface area contributed by atoms with Crippen LogP contribution in [0.5, 0.6) is 0 Å². The van der Waals surface area contributed by atoms with Crippen LogP contribution < -0.4 is 0 Å². The first-order chi connectivity index (χ1) is 10.1. The van der Waals surface area contributed by atoms with Crippen molar-refractivity contribution in [3.05, 3.63) is 0 Å². The van der Waals surface area contributed by atoms with Gasteiger partial charge in [0.15, 0.2) is 11.1 Å². The van der Waals surface area contributed by atoms with Crippen molar-refractivity contribution in [3.8, 4) is 12.1 Å². The maximum Gasteiger partial charge on any atom is 0.264 e. The van der Waals surface area contributed by atoms with Gasteiger partial charge in [0.1, 0.15) is 0 Å². The lowest BCUT2D eigenvalue weighted by Gasteiger charge is -2.18. The lowest BCUT2D eigenvalue weighted by molar-refractivity contribution is -0.432. The largest absolute Gasteiger partial charge is 0.286 e. The Morgan fingerprint density at radius 1 is 1.18 bits per heavy atom. The Kier molecular flexibility index (Phi) is 8.47. The van der Waals surface area contributed by atoms with Crippen molar-refractivity contribution in [2.75, 3.05) is 11.5 Å². The summed E-state index contributed by atoms with van der Waals surface area (Å²) in [7, 11) is -4.22. The van der Waals surface area contributed by atoms with Gasteiger partial charge in [0.2, 0.25) is 0 Å². The van der Waals surface area contributed by atoms with Gasteiger partial charge < -0.3 is 0 Å². The number of azo groups is 1. The van der Waals surface area contributed by atoms with Crippen LogP contribution in [0.2, 0.25) is 0 Å². The molecule has 2 atom stereocenters. The molecule has 0 spiro atoms. The summed E-state index contributed by atoms with van der Waals surface area (Å²) in [6.07, 6.45) is -0.0790. The fourth-order valence-corrected chi connectivity index (χ4v) is 2.35. The highest BCUT2D eigenvalue weighted by molar-refractivity contribution is 7.94. The topological polar surface area (TPSA) is 165 Å². The molecule has 0 heterocycles. The zero-order valence-corrected chi connectivity index (χ0v) is 13.6. The van der Waals surface area contributed by atoms with Crippen LogP contribution in [0.25, 0.3) is 0 Å². The first-order valence-corrected chi connectivity index (χ1v) is 8.43. The van der Waals surface area contributed by atoms with Crippen molar-refractivity contribution in [3.63, 3.8) is 0 Å². The molecule has 10 nitrogen and oxygen atoms in total. The third-order valence-electron chi connectivity index (χ3n) is 2.57. The summed E-state index contributed by atoms with van der Waals surface area (Å²) in [5.41, 5.74) is -2.74. The molecule has 0 aliphatic carbocycles. The van der Waals surface area contributed by atoms with Gasteiger partial charge in [-0.2, -0.15) is 29.2 Å². The Balaban J connectivity index is 4.84. The molecule has 0 bridgehead atoms. The lowest BCUT2D eigenvalue weighted by Crippen LogP contribution is -2.26. The molecule has 0 aliphatic rings. The van der Waals surface area contributed by atoms with E-state index in [9.17, 15) is 8.42 Å². The predicted octanol–water partition coefficient (Wildman–Crippen LogP) is 1.74. The molecule has 0 aromatic rings. The molecular formula is C10H16N4O6S2. The van der Waals surface area contributed by atoms with Crippen molar-refractivity contribution >= 4 is 22.2 Å². The minimum absolute atomic E-state index is 0.181. The van der Waals surface area contributed by atoms with Crippen LogP contribution in [0, 0.1) is 22.7 Å². The highest BCUT2D eigenvalue weighted by Crippen LogP contribution is 2.23. The standard InChI is InChI=1S/C10H16N4O6S2/c1-9(7-11,3-5-21-20-19-15)13-14-10(2,8-12)4-6-22(16,17)18/h15H,3-6H2,1-2H3,(H,16,17,18). The molecule has 0 aliphatic heterocycles. The van der Waals surface area contributed by atoms with Gasteiger partial charge in [-0.15, -0.1) is 4.33 Å². The highest BCUT2D eigenvalue weighted by atomic mass is 32.2. The van der Waals surface area contributed by atoms with Gasteiger partial charge in [0, 0.05) is 24.2 Å². The van der Waals surface area contributed by atoms with Crippen LogP contribution in [-0.4, -0.2) is 40.8 Å². The summed E-state index contributed by atoms with van der Waals surface area (Å²) in [6, 6.07) is 3.71. The van der Waals surface area contributed by atoms with E-state index in [1.807, 2.05) is 6.07 Å². The fraction of sp³-hybridized carbons (Fsp3) is 0.800. The SMILES string of the molecule is CC(C#N)(CCSOOO)N=NC(C)(C#N)CCS(=O)(=O)O. The zero-order valence-electron chi connectivity index (χ0n) is 12.0. The molecule has 0 aromatic heterocycles. The molecule has 0 radical (unpaired) electrons. The summed E-state index contributed by atoms with van der Waals surface area (Å²) >= 11 is 0.746. The minimum atomic E-state index is -4.22. The summed E-state index contributed by atoms with van der Waals surface area (Å²) in [6.45, 7) is 2.81. The third-order valence-corrected chi connectivity index (χ3v) is 3.82. The van der Waals surface area contributed by atoms with Gasteiger partial charge in [-0.3, -0.25) is 4.55 Å². The molecule has 22 heavy (non-hydrogen) atoms. The van der Waals surface area contributed by atoms with Crippen LogP contribution in [0.15, 0.2) is 10.2 Å². The second-order valence-electron chi connectivity index (χ2n) is 4.72. The fourth-order valence-electron chi connectivity index (χ4n) is 1.10. The van der Waals surface area contributed by atoms with Crippen molar-refractivity contribution < 1.29 is 27.6 Å². The zero-order chi connectivity index (χ0) is 17.3. The first-order valence-electron chi connectivity index (χ1n) is 5.91. The normalized spacial score (nSPS) is 17.4. The monoisotopic (exact) mass is 352 g/mol. The van der Waals surface area contributed by atoms with Crippen LogP contribution in [0.3, 0.4) is 0 Å². The number of hydrogen-bond acceptors (Lipinski definition) is 10. The van der Waals surface area contributed by atoms with E-state index in [1.54, 1.807) is 6.07 Å². The predicted molar refractivity (Wildman–Crippen MR) is 75.8 cm³/mol. The smallest absolute Gasteiger partial charge is 0.264 e. The summed E-state index contributed by atoms with van der Waals surface area (Å²) in [5.74, 6) is -0.394. The molecule has 0 saturated carbocycles. The number of rotatable bonds is 10. The maximum atomic E-state index is 10.7. The Labute approximate surface area is 132 Å². The summed E-state index contributed by atoms with van der Waals surface area (Å²) < 4.78 is 34.3. The molecule has 0 saturated heterocycles. The van der Waals surface area contributed by atoms with Crippen LogP contribution in [-0.2, 0) is 19.5 Å². The summed E-state index contributed by atoms with van der Waals surface area (Å²) in [4.78, 5) is 0. The van der Waals surface area contributed by atoms with Crippen LogP contribution in [0.1, 0.15) is 26.7 Å². The quantitative estimate of drug-likeness (QED) is 0.149. The number of nitrogens with zero attached hydrogens (tertiary/aromatic N) is 4. The number of hydrogen-bond donors (Lipinski definition) is 2. The molecule has 0 aromatic carbocycles. The molecule has 0 fully saturated rings. The van der Waals surface area contributed by atoms with Gasteiger partial charge in [0.25, 0.3) is 10.1 Å². The van der Waals surface area contributed by atoms with Crippen LogP contribution in [0.4, 0.5) is 0 Å². The minimum Gasteiger partial charge on any atom is -0.286 e. The van der Waals surface area contributed by atoms with Crippen molar-refractivity contribution in [1.29, 1.82) is 10.5 Å². The second-order valence-corrected chi connectivity index (χ2v) is 7.07.